The second kappa shape index (κ2) is 8.05. The Labute approximate surface area is 161 Å². The molecule has 3 aromatic rings. The third-order valence-electron chi connectivity index (χ3n) is 3.90. The highest BCUT2D eigenvalue weighted by molar-refractivity contribution is 6.30. The van der Waals surface area contributed by atoms with Gasteiger partial charge in [0.2, 0.25) is 0 Å². The van der Waals surface area contributed by atoms with E-state index < -0.39 is 5.97 Å². The van der Waals surface area contributed by atoms with Crippen molar-refractivity contribution in [3.05, 3.63) is 71.4 Å². The number of benzene rings is 2. The van der Waals surface area contributed by atoms with Crippen molar-refractivity contribution >= 4 is 23.5 Å². The molecule has 3 rings (SSSR count). The monoisotopic (exact) mass is 383 g/mol. The Hall–Kier alpha value is -3.12. The summed E-state index contributed by atoms with van der Waals surface area (Å²) in [5.41, 5.74) is 2.25. The first-order valence-corrected chi connectivity index (χ1v) is 8.62. The number of rotatable bonds is 5. The normalized spacial score (nSPS) is 10.5. The molecule has 0 radical (unpaired) electrons. The van der Waals surface area contributed by atoms with E-state index >= 15 is 0 Å². The lowest BCUT2D eigenvalue weighted by Gasteiger charge is -2.10. The van der Waals surface area contributed by atoms with Gasteiger partial charge in [-0.2, -0.15) is 5.10 Å². The molecule has 0 aliphatic rings. The van der Waals surface area contributed by atoms with Crippen LogP contribution in [0.2, 0.25) is 5.02 Å². The van der Waals surface area contributed by atoms with Crippen LogP contribution in [0.5, 0.6) is 0 Å². The molecular formula is C20H18ClN3O3. The van der Waals surface area contributed by atoms with Crippen LogP contribution in [-0.2, 0) is 9.53 Å². The van der Waals surface area contributed by atoms with Crippen LogP contribution in [0.3, 0.4) is 0 Å². The average molecular weight is 384 g/mol. The fourth-order valence-electron chi connectivity index (χ4n) is 2.39. The standard InChI is InChI=1S/C20H18ClN3O3/c1-23(2)18(25)13-27-20(26)17-12-24(16-6-4-3-5-7-16)22-19(17)14-8-10-15(21)11-9-14/h3-12H,13H2,1-2H3. The summed E-state index contributed by atoms with van der Waals surface area (Å²) >= 11 is 5.96. The van der Waals surface area contributed by atoms with E-state index in [1.807, 2.05) is 30.3 Å². The zero-order chi connectivity index (χ0) is 19.4. The molecule has 27 heavy (non-hydrogen) atoms. The minimum absolute atomic E-state index is 0.271. The van der Waals surface area contributed by atoms with Crippen LogP contribution < -0.4 is 0 Å². The quantitative estimate of drug-likeness (QED) is 0.633. The number of hydrogen-bond donors (Lipinski definition) is 0. The van der Waals surface area contributed by atoms with Gasteiger partial charge < -0.3 is 9.64 Å². The van der Waals surface area contributed by atoms with Crippen LogP contribution in [0.25, 0.3) is 16.9 Å². The van der Waals surface area contributed by atoms with E-state index in [0.717, 1.165) is 11.3 Å². The van der Waals surface area contributed by atoms with Gasteiger partial charge in [-0.15, -0.1) is 0 Å². The van der Waals surface area contributed by atoms with Crippen LogP contribution in [0.1, 0.15) is 10.4 Å². The minimum atomic E-state index is -0.614. The topological polar surface area (TPSA) is 64.4 Å². The van der Waals surface area contributed by atoms with E-state index in [4.69, 9.17) is 16.3 Å². The van der Waals surface area contributed by atoms with E-state index in [9.17, 15) is 9.59 Å². The number of ether oxygens (including phenoxy) is 1. The zero-order valence-electron chi connectivity index (χ0n) is 14.9. The number of amides is 1. The average Bonchev–Trinajstić information content (AvgIpc) is 3.12. The second-order valence-corrected chi connectivity index (χ2v) is 6.48. The first-order valence-electron chi connectivity index (χ1n) is 8.24. The number of aromatic nitrogens is 2. The number of para-hydroxylation sites is 1. The maximum atomic E-state index is 12.6. The number of hydrogen-bond acceptors (Lipinski definition) is 4. The van der Waals surface area contributed by atoms with E-state index in [2.05, 4.69) is 5.10 Å². The summed E-state index contributed by atoms with van der Waals surface area (Å²) in [6, 6.07) is 16.4. The Morgan fingerprint density at radius 1 is 1.07 bits per heavy atom. The highest BCUT2D eigenvalue weighted by Gasteiger charge is 2.21. The van der Waals surface area contributed by atoms with Crippen LogP contribution >= 0.6 is 11.6 Å². The molecule has 0 fully saturated rings. The van der Waals surface area contributed by atoms with Crippen molar-refractivity contribution in [1.82, 2.24) is 14.7 Å². The molecular weight excluding hydrogens is 366 g/mol. The van der Waals surface area contributed by atoms with E-state index in [0.29, 0.717) is 10.7 Å². The fourth-order valence-corrected chi connectivity index (χ4v) is 2.52. The number of carbonyl (C=O) groups excluding carboxylic acids is 2. The van der Waals surface area contributed by atoms with Gasteiger partial charge in [0.25, 0.3) is 5.91 Å². The van der Waals surface area contributed by atoms with Crippen LogP contribution in [0.4, 0.5) is 0 Å². The second-order valence-electron chi connectivity index (χ2n) is 6.04. The van der Waals surface area contributed by atoms with Gasteiger partial charge in [0.05, 0.1) is 5.69 Å². The molecule has 0 N–H and O–H groups in total. The molecule has 1 heterocycles. The van der Waals surface area contributed by atoms with Crippen molar-refractivity contribution in [3.63, 3.8) is 0 Å². The van der Waals surface area contributed by atoms with Gasteiger partial charge in [0, 0.05) is 30.9 Å². The smallest absolute Gasteiger partial charge is 0.342 e. The highest BCUT2D eigenvalue weighted by atomic mass is 35.5. The molecule has 2 aromatic carbocycles. The summed E-state index contributed by atoms with van der Waals surface area (Å²) in [5.74, 6) is -0.913. The van der Waals surface area contributed by atoms with Crippen molar-refractivity contribution < 1.29 is 14.3 Å². The molecule has 0 saturated heterocycles. The summed E-state index contributed by atoms with van der Waals surface area (Å²) in [5, 5.41) is 5.13. The van der Waals surface area contributed by atoms with Crippen molar-refractivity contribution in [3.8, 4) is 16.9 Å². The SMILES string of the molecule is CN(C)C(=O)COC(=O)c1cn(-c2ccccc2)nc1-c1ccc(Cl)cc1. The largest absolute Gasteiger partial charge is 0.452 e. The number of carbonyl (C=O) groups is 2. The van der Waals surface area contributed by atoms with E-state index in [-0.39, 0.29) is 18.1 Å². The lowest BCUT2D eigenvalue weighted by Crippen LogP contribution is -2.27. The van der Waals surface area contributed by atoms with Gasteiger partial charge in [-0.1, -0.05) is 41.9 Å². The molecule has 0 atom stereocenters. The molecule has 0 aliphatic heterocycles. The van der Waals surface area contributed by atoms with Crippen molar-refractivity contribution in [2.75, 3.05) is 20.7 Å². The third-order valence-corrected chi connectivity index (χ3v) is 4.15. The predicted molar refractivity (Wildman–Crippen MR) is 103 cm³/mol. The van der Waals surface area contributed by atoms with Crippen molar-refractivity contribution in [1.29, 1.82) is 0 Å². The Morgan fingerprint density at radius 3 is 2.37 bits per heavy atom. The van der Waals surface area contributed by atoms with Crippen molar-refractivity contribution in [2.45, 2.75) is 0 Å². The van der Waals surface area contributed by atoms with Crippen LogP contribution in [-0.4, -0.2) is 47.3 Å². The van der Waals surface area contributed by atoms with Crippen LogP contribution in [0, 0.1) is 0 Å². The Morgan fingerprint density at radius 2 is 1.74 bits per heavy atom. The maximum absolute atomic E-state index is 12.6. The summed E-state index contributed by atoms with van der Waals surface area (Å²) in [6.07, 6.45) is 1.60. The number of nitrogens with zero attached hydrogens (tertiary/aromatic N) is 3. The molecule has 0 unspecified atom stereocenters. The number of halogens is 1. The Balaban J connectivity index is 1.97. The molecule has 1 amide bonds. The van der Waals surface area contributed by atoms with E-state index in [1.165, 1.54) is 4.90 Å². The lowest BCUT2D eigenvalue weighted by molar-refractivity contribution is -0.131. The molecule has 7 heteroatoms. The molecule has 1 aromatic heterocycles. The van der Waals surface area contributed by atoms with Crippen molar-refractivity contribution in [2.24, 2.45) is 0 Å². The van der Waals surface area contributed by atoms with Crippen LogP contribution in [0.15, 0.2) is 60.8 Å². The third kappa shape index (κ3) is 4.35. The molecule has 6 nitrogen and oxygen atoms in total. The maximum Gasteiger partial charge on any atom is 0.342 e. The number of likely N-dealkylation sites (N-methyl/N-ethyl adjacent to an activating group) is 1. The Bertz CT molecular complexity index is 950. The van der Waals surface area contributed by atoms with Gasteiger partial charge in [-0.05, 0) is 24.3 Å². The summed E-state index contributed by atoms with van der Waals surface area (Å²) in [4.78, 5) is 25.7. The van der Waals surface area contributed by atoms with Gasteiger partial charge in [0.1, 0.15) is 11.3 Å². The fraction of sp³-hybridized carbons (Fsp3) is 0.150. The predicted octanol–water partition coefficient (Wildman–Crippen LogP) is 3.44. The van der Waals surface area contributed by atoms with Gasteiger partial charge >= 0.3 is 5.97 Å². The first-order chi connectivity index (χ1) is 13.0. The zero-order valence-corrected chi connectivity index (χ0v) is 15.7. The summed E-state index contributed by atoms with van der Waals surface area (Å²) < 4.78 is 6.78. The molecule has 0 saturated carbocycles. The minimum Gasteiger partial charge on any atom is -0.452 e. The Kier molecular flexibility index (Phi) is 5.57. The lowest BCUT2D eigenvalue weighted by atomic mass is 10.1. The van der Waals surface area contributed by atoms with Gasteiger partial charge in [-0.3, -0.25) is 4.79 Å². The van der Waals surface area contributed by atoms with Gasteiger partial charge in [0.15, 0.2) is 6.61 Å². The molecule has 138 valence electrons. The molecule has 0 bridgehead atoms. The first kappa shape index (κ1) is 18.7. The summed E-state index contributed by atoms with van der Waals surface area (Å²) in [7, 11) is 3.20. The molecule has 0 spiro atoms. The number of esters is 1. The molecule has 0 aliphatic carbocycles. The highest BCUT2D eigenvalue weighted by Crippen LogP contribution is 2.26. The summed E-state index contributed by atoms with van der Waals surface area (Å²) in [6.45, 7) is -0.331. The van der Waals surface area contributed by atoms with Gasteiger partial charge in [-0.25, -0.2) is 9.48 Å². The van der Waals surface area contributed by atoms with E-state index in [1.54, 1.807) is 49.2 Å².